The molecule has 7 heteroatoms. The third kappa shape index (κ3) is 1.89. The van der Waals surface area contributed by atoms with Gasteiger partial charge in [0.05, 0.1) is 4.47 Å². The zero-order chi connectivity index (χ0) is 11.7. The lowest BCUT2D eigenvalue weighted by Crippen LogP contribution is -2.12. The second-order valence-corrected chi connectivity index (χ2v) is 3.93. The second-order valence-electron chi connectivity index (χ2n) is 3.07. The number of nitrogens with zero attached hydrogens (tertiary/aromatic N) is 3. The SMILES string of the molecule is NC(=O)c1ccnc(-n2cc(Br)c(N)n2)c1. The Morgan fingerprint density at radius 2 is 2.25 bits per heavy atom. The van der Waals surface area contributed by atoms with Crippen LogP contribution >= 0.6 is 15.9 Å². The number of carbonyl (C=O) groups is 1. The number of pyridine rings is 1. The van der Waals surface area contributed by atoms with Gasteiger partial charge in [-0.3, -0.25) is 4.79 Å². The third-order valence-electron chi connectivity index (χ3n) is 1.96. The first-order valence-corrected chi connectivity index (χ1v) is 5.14. The van der Waals surface area contributed by atoms with Gasteiger partial charge >= 0.3 is 0 Å². The van der Waals surface area contributed by atoms with E-state index in [1.807, 2.05) is 0 Å². The number of nitrogen functional groups attached to an aromatic ring is 1. The van der Waals surface area contributed by atoms with Crippen LogP contribution in [-0.2, 0) is 0 Å². The molecule has 2 aromatic heterocycles. The van der Waals surface area contributed by atoms with Crippen LogP contribution in [0.1, 0.15) is 10.4 Å². The summed E-state index contributed by atoms with van der Waals surface area (Å²) >= 11 is 3.23. The quantitative estimate of drug-likeness (QED) is 0.847. The number of nitrogens with two attached hydrogens (primary N) is 2. The van der Waals surface area contributed by atoms with Crippen LogP contribution in [0.15, 0.2) is 29.0 Å². The van der Waals surface area contributed by atoms with Crippen LogP contribution in [0.4, 0.5) is 5.82 Å². The summed E-state index contributed by atoms with van der Waals surface area (Å²) in [6.45, 7) is 0. The Kier molecular flexibility index (Phi) is 2.61. The minimum Gasteiger partial charge on any atom is -0.381 e. The highest BCUT2D eigenvalue weighted by molar-refractivity contribution is 9.10. The van der Waals surface area contributed by atoms with Gasteiger partial charge in [-0.05, 0) is 28.1 Å². The van der Waals surface area contributed by atoms with Gasteiger partial charge in [0.25, 0.3) is 0 Å². The van der Waals surface area contributed by atoms with Crippen molar-refractivity contribution in [3.63, 3.8) is 0 Å². The average Bonchev–Trinajstić information content (AvgIpc) is 2.59. The van der Waals surface area contributed by atoms with Crippen molar-refractivity contribution in [2.24, 2.45) is 5.73 Å². The summed E-state index contributed by atoms with van der Waals surface area (Å²) < 4.78 is 2.13. The summed E-state index contributed by atoms with van der Waals surface area (Å²) in [7, 11) is 0. The zero-order valence-corrected chi connectivity index (χ0v) is 9.68. The number of primary amides is 1. The predicted octanol–water partition coefficient (Wildman–Crippen LogP) is 0.711. The Bertz CT molecular complexity index is 531. The molecule has 2 rings (SSSR count). The second kappa shape index (κ2) is 3.93. The standard InChI is InChI=1S/C9H8BrN5O/c10-6-4-15(14-8(6)11)7-3-5(9(12)16)1-2-13-7/h1-4H,(H2,11,14)(H2,12,16). The molecule has 0 bridgehead atoms. The van der Waals surface area contributed by atoms with Crippen LogP contribution in [0, 0.1) is 0 Å². The number of carbonyl (C=O) groups excluding carboxylic acids is 1. The van der Waals surface area contributed by atoms with Crippen LogP contribution in [-0.4, -0.2) is 20.7 Å². The maximum Gasteiger partial charge on any atom is 0.248 e. The Labute approximate surface area is 99.4 Å². The van der Waals surface area contributed by atoms with Crippen LogP contribution in [0.3, 0.4) is 0 Å². The summed E-state index contributed by atoms with van der Waals surface area (Å²) in [6.07, 6.45) is 3.14. The number of hydrogen-bond acceptors (Lipinski definition) is 4. The average molecular weight is 282 g/mol. The van der Waals surface area contributed by atoms with E-state index in [1.54, 1.807) is 12.3 Å². The van der Waals surface area contributed by atoms with E-state index in [1.165, 1.54) is 16.9 Å². The maximum absolute atomic E-state index is 11.0. The molecule has 4 N–H and O–H groups in total. The first-order chi connectivity index (χ1) is 7.58. The van der Waals surface area contributed by atoms with Crippen molar-refractivity contribution in [1.82, 2.24) is 14.8 Å². The first-order valence-electron chi connectivity index (χ1n) is 4.35. The van der Waals surface area contributed by atoms with E-state index in [0.717, 1.165) is 0 Å². The van der Waals surface area contributed by atoms with Gasteiger partial charge in [-0.15, -0.1) is 5.10 Å². The highest BCUT2D eigenvalue weighted by Gasteiger charge is 2.07. The fourth-order valence-electron chi connectivity index (χ4n) is 1.18. The number of halogens is 1. The summed E-state index contributed by atoms with van der Waals surface area (Å²) in [6, 6.07) is 3.08. The monoisotopic (exact) mass is 281 g/mol. The largest absolute Gasteiger partial charge is 0.381 e. The molecular weight excluding hydrogens is 274 g/mol. The lowest BCUT2D eigenvalue weighted by Gasteiger charge is -2.01. The Morgan fingerprint density at radius 1 is 1.50 bits per heavy atom. The minimum atomic E-state index is -0.511. The summed E-state index contributed by atoms with van der Waals surface area (Å²) in [5.41, 5.74) is 11.1. The molecule has 0 aliphatic heterocycles. The highest BCUT2D eigenvalue weighted by Crippen LogP contribution is 2.18. The molecule has 82 valence electrons. The van der Waals surface area contributed by atoms with Crippen molar-refractivity contribution < 1.29 is 4.79 Å². The molecule has 0 radical (unpaired) electrons. The van der Waals surface area contributed by atoms with E-state index in [-0.39, 0.29) is 0 Å². The third-order valence-corrected chi connectivity index (χ3v) is 2.57. The molecule has 0 spiro atoms. The van der Waals surface area contributed by atoms with Crippen LogP contribution in [0.25, 0.3) is 5.82 Å². The molecule has 16 heavy (non-hydrogen) atoms. The molecule has 0 saturated carbocycles. The lowest BCUT2D eigenvalue weighted by atomic mass is 10.2. The molecule has 0 fully saturated rings. The molecule has 0 aliphatic rings. The van der Waals surface area contributed by atoms with E-state index < -0.39 is 5.91 Å². The minimum absolute atomic E-state index is 0.353. The van der Waals surface area contributed by atoms with Gasteiger partial charge in [0.15, 0.2) is 11.6 Å². The van der Waals surface area contributed by atoms with Crippen LogP contribution in [0.2, 0.25) is 0 Å². The number of hydrogen-bond donors (Lipinski definition) is 2. The fourth-order valence-corrected chi connectivity index (χ4v) is 1.45. The molecular formula is C9H8BrN5O. The maximum atomic E-state index is 11.0. The highest BCUT2D eigenvalue weighted by atomic mass is 79.9. The van der Waals surface area contributed by atoms with Gasteiger partial charge in [0, 0.05) is 18.0 Å². The molecule has 0 aliphatic carbocycles. The van der Waals surface area contributed by atoms with E-state index in [4.69, 9.17) is 11.5 Å². The van der Waals surface area contributed by atoms with E-state index in [9.17, 15) is 4.79 Å². The normalized spacial score (nSPS) is 10.3. The van der Waals surface area contributed by atoms with Crippen molar-refractivity contribution in [3.8, 4) is 5.82 Å². The zero-order valence-electron chi connectivity index (χ0n) is 8.09. The molecule has 2 aromatic rings. The number of rotatable bonds is 2. The smallest absolute Gasteiger partial charge is 0.248 e. The van der Waals surface area contributed by atoms with Gasteiger partial charge in [-0.2, -0.15) is 0 Å². The molecule has 0 atom stereocenters. The summed E-state index contributed by atoms with van der Waals surface area (Å²) in [5.74, 6) is 0.322. The summed E-state index contributed by atoms with van der Waals surface area (Å²) in [4.78, 5) is 15.1. The summed E-state index contributed by atoms with van der Waals surface area (Å²) in [5, 5.41) is 4.01. The molecule has 0 aromatic carbocycles. The van der Waals surface area contributed by atoms with Gasteiger partial charge in [0.2, 0.25) is 5.91 Å². The van der Waals surface area contributed by atoms with Gasteiger partial charge in [-0.25, -0.2) is 9.67 Å². The molecule has 0 unspecified atom stereocenters. The van der Waals surface area contributed by atoms with E-state index >= 15 is 0 Å². The molecule has 6 nitrogen and oxygen atoms in total. The first kappa shape index (κ1) is 10.6. The molecule has 2 heterocycles. The fraction of sp³-hybridized carbons (Fsp3) is 0. The number of anilines is 1. The van der Waals surface area contributed by atoms with Crippen molar-refractivity contribution in [1.29, 1.82) is 0 Å². The van der Waals surface area contributed by atoms with Crippen molar-refractivity contribution in [2.75, 3.05) is 5.73 Å². The van der Waals surface area contributed by atoms with Gasteiger partial charge < -0.3 is 11.5 Å². The van der Waals surface area contributed by atoms with Gasteiger partial charge in [0.1, 0.15) is 0 Å². The number of aromatic nitrogens is 3. The predicted molar refractivity (Wildman–Crippen MR) is 62.0 cm³/mol. The van der Waals surface area contributed by atoms with Gasteiger partial charge in [-0.1, -0.05) is 0 Å². The van der Waals surface area contributed by atoms with E-state index in [2.05, 4.69) is 26.0 Å². The van der Waals surface area contributed by atoms with Crippen molar-refractivity contribution in [2.45, 2.75) is 0 Å². The topological polar surface area (TPSA) is 99.8 Å². The van der Waals surface area contributed by atoms with Crippen LogP contribution in [0.5, 0.6) is 0 Å². The molecule has 1 amide bonds. The Balaban J connectivity index is 2.48. The van der Waals surface area contributed by atoms with Crippen molar-refractivity contribution in [3.05, 3.63) is 34.6 Å². The molecule has 0 saturated heterocycles. The Hall–Kier alpha value is -1.89. The number of amides is 1. The van der Waals surface area contributed by atoms with Crippen molar-refractivity contribution >= 4 is 27.7 Å². The lowest BCUT2D eigenvalue weighted by molar-refractivity contribution is 0.1000. The van der Waals surface area contributed by atoms with Crippen LogP contribution < -0.4 is 11.5 Å². The Morgan fingerprint density at radius 3 is 2.81 bits per heavy atom. The van der Waals surface area contributed by atoms with E-state index in [0.29, 0.717) is 21.7 Å².